The van der Waals surface area contributed by atoms with Crippen LogP contribution < -0.4 is 5.56 Å². The Balaban J connectivity index is 1.54. The zero-order valence-corrected chi connectivity index (χ0v) is 13.7. The van der Waals surface area contributed by atoms with E-state index in [1.54, 1.807) is 48.7 Å². The number of imide groups is 1. The largest absolute Gasteiger partial charge is 0.389 e. The van der Waals surface area contributed by atoms with Gasteiger partial charge in [-0.1, -0.05) is 30.3 Å². The second-order valence-electron chi connectivity index (χ2n) is 6.14. The standard InChI is InChI=1S/C19H15N3O4/c23-13(10-21-17(24)15-7-3-4-8-16(15)18(21)25)11-22-19(26)14-6-2-1-5-12(14)9-20-22/h1-9,13,23H,10-11H2/t13-/m0/s1. The lowest BCUT2D eigenvalue weighted by Gasteiger charge is -2.18. The summed E-state index contributed by atoms with van der Waals surface area (Å²) in [4.78, 5) is 38.1. The average molecular weight is 349 g/mol. The van der Waals surface area contributed by atoms with E-state index in [9.17, 15) is 19.5 Å². The van der Waals surface area contributed by atoms with Gasteiger partial charge in [-0.3, -0.25) is 19.3 Å². The lowest BCUT2D eigenvalue weighted by molar-refractivity contribution is 0.0513. The van der Waals surface area contributed by atoms with Crippen molar-refractivity contribution in [3.63, 3.8) is 0 Å². The van der Waals surface area contributed by atoms with Gasteiger partial charge in [-0.25, -0.2) is 4.68 Å². The van der Waals surface area contributed by atoms with Gasteiger partial charge >= 0.3 is 0 Å². The fraction of sp³-hybridized carbons (Fsp3) is 0.158. The predicted octanol–water partition coefficient (Wildman–Crippen LogP) is 1.05. The summed E-state index contributed by atoms with van der Waals surface area (Å²) in [7, 11) is 0. The maximum absolute atomic E-state index is 12.5. The van der Waals surface area contributed by atoms with E-state index in [4.69, 9.17) is 0 Å². The molecule has 0 saturated carbocycles. The van der Waals surface area contributed by atoms with Crippen LogP contribution in [0, 0.1) is 0 Å². The summed E-state index contributed by atoms with van der Waals surface area (Å²) in [5, 5.41) is 15.6. The molecule has 26 heavy (non-hydrogen) atoms. The smallest absolute Gasteiger partial charge is 0.274 e. The summed E-state index contributed by atoms with van der Waals surface area (Å²) in [5.74, 6) is -0.882. The van der Waals surface area contributed by atoms with Crippen LogP contribution in [0.25, 0.3) is 10.8 Å². The zero-order valence-electron chi connectivity index (χ0n) is 13.7. The van der Waals surface area contributed by atoms with Gasteiger partial charge < -0.3 is 5.11 Å². The third-order valence-electron chi connectivity index (χ3n) is 4.42. The van der Waals surface area contributed by atoms with Gasteiger partial charge in [-0.15, -0.1) is 0 Å². The first-order chi connectivity index (χ1) is 12.6. The van der Waals surface area contributed by atoms with Crippen molar-refractivity contribution in [3.05, 3.63) is 76.2 Å². The molecule has 0 spiro atoms. The number of aromatic nitrogens is 2. The van der Waals surface area contributed by atoms with Gasteiger partial charge in [-0.05, 0) is 18.2 Å². The zero-order chi connectivity index (χ0) is 18.3. The third kappa shape index (κ3) is 2.58. The summed E-state index contributed by atoms with van der Waals surface area (Å²) in [6.07, 6.45) is 0.439. The summed E-state index contributed by atoms with van der Waals surface area (Å²) in [5.41, 5.74) is 0.320. The minimum absolute atomic E-state index is 0.114. The Hall–Kier alpha value is -3.32. The molecule has 0 radical (unpaired) electrons. The molecular weight excluding hydrogens is 334 g/mol. The Labute approximate surface area is 148 Å². The number of aliphatic hydroxyl groups excluding tert-OH is 1. The van der Waals surface area contributed by atoms with Crippen LogP contribution in [0.3, 0.4) is 0 Å². The second-order valence-corrected chi connectivity index (χ2v) is 6.14. The monoisotopic (exact) mass is 349 g/mol. The summed E-state index contributed by atoms with van der Waals surface area (Å²) in [6, 6.07) is 13.6. The van der Waals surface area contributed by atoms with E-state index in [0.717, 1.165) is 9.58 Å². The first-order valence-electron chi connectivity index (χ1n) is 8.14. The van der Waals surface area contributed by atoms with Crippen molar-refractivity contribution >= 4 is 22.6 Å². The maximum Gasteiger partial charge on any atom is 0.274 e. The molecule has 0 aliphatic carbocycles. The van der Waals surface area contributed by atoms with Crippen LogP contribution in [-0.4, -0.2) is 44.3 Å². The van der Waals surface area contributed by atoms with Crippen molar-refractivity contribution in [2.45, 2.75) is 12.6 Å². The molecule has 1 aliphatic rings. The molecule has 2 heterocycles. The van der Waals surface area contributed by atoms with Crippen molar-refractivity contribution in [2.75, 3.05) is 6.54 Å². The molecule has 2 amide bonds. The lowest BCUT2D eigenvalue weighted by Crippen LogP contribution is -2.40. The Morgan fingerprint density at radius 2 is 1.50 bits per heavy atom. The Bertz CT molecular complexity index is 1050. The van der Waals surface area contributed by atoms with E-state index in [1.807, 2.05) is 6.07 Å². The minimum atomic E-state index is -1.11. The van der Waals surface area contributed by atoms with Gasteiger partial charge in [0.2, 0.25) is 0 Å². The van der Waals surface area contributed by atoms with Crippen molar-refractivity contribution in [3.8, 4) is 0 Å². The molecule has 1 aliphatic heterocycles. The number of hydrogen-bond acceptors (Lipinski definition) is 5. The van der Waals surface area contributed by atoms with Gasteiger partial charge in [-0.2, -0.15) is 5.10 Å². The molecule has 0 bridgehead atoms. The fourth-order valence-corrected chi connectivity index (χ4v) is 3.13. The normalized spacial score (nSPS) is 14.7. The van der Waals surface area contributed by atoms with Crippen LogP contribution in [0.15, 0.2) is 59.5 Å². The molecule has 130 valence electrons. The average Bonchev–Trinajstić information content (AvgIpc) is 2.89. The molecule has 4 rings (SSSR count). The van der Waals surface area contributed by atoms with Crippen LogP contribution in [0.2, 0.25) is 0 Å². The van der Waals surface area contributed by atoms with Crippen LogP contribution in [0.4, 0.5) is 0 Å². The molecule has 0 fully saturated rings. The molecule has 1 aromatic heterocycles. The number of carbonyl (C=O) groups is 2. The van der Waals surface area contributed by atoms with E-state index >= 15 is 0 Å². The number of nitrogens with zero attached hydrogens (tertiary/aromatic N) is 3. The van der Waals surface area contributed by atoms with Gasteiger partial charge in [0.25, 0.3) is 17.4 Å². The number of amides is 2. The number of fused-ring (bicyclic) bond motifs is 2. The SMILES string of the molecule is O=C1c2ccccc2C(=O)N1C[C@H](O)Cn1ncc2ccccc2c1=O. The molecule has 7 heteroatoms. The van der Waals surface area contributed by atoms with E-state index in [0.29, 0.717) is 21.9 Å². The molecule has 3 aromatic rings. The number of rotatable bonds is 4. The van der Waals surface area contributed by atoms with Crippen LogP contribution in [0.1, 0.15) is 20.7 Å². The quantitative estimate of drug-likeness (QED) is 0.711. The van der Waals surface area contributed by atoms with E-state index in [1.165, 1.54) is 0 Å². The van der Waals surface area contributed by atoms with Gasteiger partial charge in [0.15, 0.2) is 0 Å². The molecule has 1 atom stereocenters. The van der Waals surface area contributed by atoms with Gasteiger partial charge in [0.05, 0.1) is 41.9 Å². The first-order valence-corrected chi connectivity index (χ1v) is 8.14. The fourth-order valence-electron chi connectivity index (χ4n) is 3.13. The topological polar surface area (TPSA) is 92.5 Å². The summed E-state index contributed by atoms with van der Waals surface area (Å²) in [6.45, 7) is -0.315. The number of carbonyl (C=O) groups excluding carboxylic acids is 2. The van der Waals surface area contributed by atoms with Crippen molar-refractivity contribution < 1.29 is 14.7 Å². The van der Waals surface area contributed by atoms with Crippen molar-refractivity contribution in [2.24, 2.45) is 0 Å². The van der Waals surface area contributed by atoms with Crippen LogP contribution >= 0.6 is 0 Å². The van der Waals surface area contributed by atoms with Gasteiger partial charge in [0, 0.05) is 5.39 Å². The highest BCUT2D eigenvalue weighted by molar-refractivity contribution is 6.21. The lowest BCUT2D eigenvalue weighted by atomic mass is 10.1. The third-order valence-corrected chi connectivity index (χ3v) is 4.42. The summed E-state index contributed by atoms with van der Waals surface area (Å²) >= 11 is 0. The van der Waals surface area contributed by atoms with E-state index in [-0.39, 0.29) is 18.6 Å². The number of benzene rings is 2. The first kappa shape index (κ1) is 16.2. The molecule has 0 saturated heterocycles. The minimum Gasteiger partial charge on any atom is -0.389 e. The molecular formula is C19H15N3O4. The molecule has 2 aromatic carbocycles. The highest BCUT2D eigenvalue weighted by Crippen LogP contribution is 2.22. The predicted molar refractivity (Wildman–Crippen MR) is 93.8 cm³/mol. The van der Waals surface area contributed by atoms with Crippen LogP contribution in [0.5, 0.6) is 0 Å². The number of β-amino-alcohol motifs (C(OH)–C–C–N with tert-alkyl or cyclic N) is 1. The van der Waals surface area contributed by atoms with Gasteiger partial charge in [0.1, 0.15) is 0 Å². The van der Waals surface area contributed by atoms with Crippen LogP contribution in [-0.2, 0) is 6.54 Å². The number of hydrogen-bond donors (Lipinski definition) is 1. The molecule has 7 nitrogen and oxygen atoms in total. The maximum atomic E-state index is 12.5. The Morgan fingerprint density at radius 1 is 0.885 bits per heavy atom. The Kier molecular flexibility index (Phi) is 3.85. The van der Waals surface area contributed by atoms with Crippen molar-refractivity contribution in [1.29, 1.82) is 0 Å². The summed E-state index contributed by atoms with van der Waals surface area (Å²) < 4.78 is 1.14. The van der Waals surface area contributed by atoms with E-state index in [2.05, 4.69) is 5.10 Å². The highest BCUT2D eigenvalue weighted by atomic mass is 16.3. The highest BCUT2D eigenvalue weighted by Gasteiger charge is 2.36. The molecule has 0 unspecified atom stereocenters. The molecule has 1 N–H and O–H groups in total. The number of aliphatic hydroxyl groups is 1. The van der Waals surface area contributed by atoms with E-state index < -0.39 is 17.9 Å². The second kappa shape index (κ2) is 6.20. The Morgan fingerprint density at radius 3 is 2.19 bits per heavy atom. The van der Waals surface area contributed by atoms with Crippen molar-refractivity contribution in [1.82, 2.24) is 14.7 Å².